The van der Waals surface area contributed by atoms with E-state index in [2.05, 4.69) is 18.2 Å². The predicted octanol–water partition coefficient (Wildman–Crippen LogP) is 3.15. The van der Waals surface area contributed by atoms with Gasteiger partial charge in [0.2, 0.25) is 0 Å². The Bertz CT molecular complexity index is 350. The van der Waals surface area contributed by atoms with Gasteiger partial charge in [0.15, 0.2) is 0 Å². The Morgan fingerprint density at radius 2 is 2.25 bits per heavy atom. The summed E-state index contributed by atoms with van der Waals surface area (Å²) in [6, 6.07) is 8.28. The lowest BCUT2D eigenvalue weighted by Gasteiger charge is -2.10. The molecule has 0 bridgehead atoms. The monoisotopic (exact) mass is 238 g/mol. The first-order valence-electron chi connectivity index (χ1n) is 5.47. The Morgan fingerprint density at radius 3 is 2.88 bits per heavy atom. The zero-order valence-corrected chi connectivity index (χ0v) is 10.8. The van der Waals surface area contributed by atoms with Crippen molar-refractivity contribution in [1.82, 2.24) is 0 Å². The second kappa shape index (κ2) is 6.59. The number of hydrogen-bond acceptors (Lipinski definition) is 3. The lowest BCUT2D eigenvalue weighted by atomic mass is 10.0. The van der Waals surface area contributed by atoms with Gasteiger partial charge in [0.1, 0.15) is 0 Å². The van der Waals surface area contributed by atoms with Crippen LogP contribution in [0, 0.1) is 5.92 Å². The van der Waals surface area contributed by atoms with Gasteiger partial charge in [-0.25, -0.2) is 0 Å². The molecular formula is C13H18O2S. The molecule has 0 saturated carbocycles. The molecule has 0 aliphatic rings. The molecule has 0 spiro atoms. The zero-order chi connectivity index (χ0) is 12.0. The third-order valence-corrected chi connectivity index (χ3v) is 3.09. The van der Waals surface area contributed by atoms with Gasteiger partial charge >= 0.3 is 5.97 Å². The topological polar surface area (TPSA) is 26.3 Å². The van der Waals surface area contributed by atoms with Crippen LogP contribution in [-0.2, 0) is 16.0 Å². The van der Waals surface area contributed by atoms with Crippen LogP contribution in [0.5, 0.6) is 0 Å². The van der Waals surface area contributed by atoms with Gasteiger partial charge in [-0.1, -0.05) is 19.1 Å². The van der Waals surface area contributed by atoms with Crippen molar-refractivity contribution in [1.29, 1.82) is 0 Å². The summed E-state index contributed by atoms with van der Waals surface area (Å²) in [5.74, 6) is -0.186. The molecule has 0 N–H and O–H groups in total. The molecule has 0 amide bonds. The summed E-state index contributed by atoms with van der Waals surface area (Å²) in [6.45, 7) is 4.19. The van der Waals surface area contributed by atoms with Crippen molar-refractivity contribution in [2.24, 2.45) is 5.92 Å². The molecule has 0 aliphatic carbocycles. The van der Waals surface area contributed by atoms with Crippen molar-refractivity contribution in [2.75, 3.05) is 12.9 Å². The zero-order valence-electron chi connectivity index (χ0n) is 10.0. The summed E-state index contributed by atoms with van der Waals surface area (Å²) in [6.07, 6.45) is 2.79. The fourth-order valence-corrected chi connectivity index (χ4v) is 2.00. The summed E-state index contributed by atoms with van der Waals surface area (Å²) in [5, 5.41) is 0. The lowest BCUT2D eigenvalue weighted by molar-refractivity contribution is -0.147. The quantitative estimate of drug-likeness (QED) is 0.582. The van der Waals surface area contributed by atoms with Gasteiger partial charge in [0.05, 0.1) is 12.5 Å². The van der Waals surface area contributed by atoms with E-state index in [4.69, 9.17) is 4.74 Å². The highest BCUT2D eigenvalue weighted by Crippen LogP contribution is 2.18. The molecule has 16 heavy (non-hydrogen) atoms. The van der Waals surface area contributed by atoms with E-state index in [9.17, 15) is 4.79 Å². The summed E-state index contributed by atoms with van der Waals surface area (Å²) >= 11 is 1.71. The van der Waals surface area contributed by atoms with E-state index < -0.39 is 0 Å². The van der Waals surface area contributed by atoms with Crippen molar-refractivity contribution < 1.29 is 9.53 Å². The molecule has 2 nitrogen and oxygen atoms in total. The Morgan fingerprint density at radius 1 is 1.50 bits per heavy atom. The Balaban J connectivity index is 2.61. The van der Waals surface area contributed by atoms with Crippen LogP contribution in [0.3, 0.4) is 0 Å². The molecule has 0 saturated heterocycles. The summed E-state index contributed by atoms with van der Waals surface area (Å²) in [4.78, 5) is 12.7. The van der Waals surface area contributed by atoms with Gasteiger partial charge in [-0.15, -0.1) is 11.8 Å². The first-order valence-corrected chi connectivity index (χ1v) is 6.69. The number of carbonyl (C=O) groups is 1. The lowest BCUT2D eigenvalue weighted by Crippen LogP contribution is -2.16. The normalized spacial score (nSPS) is 12.2. The Hall–Kier alpha value is -0.960. The number of thioether (sulfide) groups is 1. The van der Waals surface area contributed by atoms with E-state index in [0.29, 0.717) is 6.61 Å². The molecule has 0 aliphatic heterocycles. The fourth-order valence-electron chi connectivity index (χ4n) is 1.52. The average molecular weight is 238 g/mol. The van der Waals surface area contributed by atoms with Crippen LogP contribution < -0.4 is 0 Å². The fraction of sp³-hybridized carbons (Fsp3) is 0.462. The van der Waals surface area contributed by atoms with Crippen molar-refractivity contribution in [3.8, 4) is 0 Å². The Labute approximate surface area is 101 Å². The maximum atomic E-state index is 11.5. The SMILES string of the molecule is CCOC(=O)C(C)Cc1cccc(SC)c1. The first kappa shape index (κ1) is 13.1. The molecule has 1 atom stereocenters. The van der Waals surface area contributed by atoms with Crippen LogP contribution in [0.2, 0.25) is 0 Å². The number of rotatable bonds is 5. The minimum Gasteiger partial charge on any atom is -0.466 e. The van der Waals surface area contributed by atoms with Crippen molar-refractivity contribution in [2.45, 2.75) is 25.2 Å². The number of carbonyl (C=O) groups excluding carboxylic acids is 1. The molecular weight excluding hydrogens is 220 g/mol. The molecule has 0 fully saturated rings. The summed E-state index contributed by atoms with van der Waals surface area (Å²) < 4.78 is 4.99. The third kappa shape index (κ3) is 3.89. The van der Waals surface area contributed by atoms with Crippen molar-refractivity contribution in [3.63, 3.8) is 0 Å². The largest absolute Gasteiger partial charge is 0.466 e. The van der Waals surface area contributed by atoms with Gasteiger partial charge in [-0.2, -0.15) is 0 Å². The second-order valence-electron chi connectivity index (χ2n) is 3.71. The minimum absolute atomic E-state index is 0.0722. The van der Waals surface area contributed by atoms with E-state index in [-0.39, 0.29) is 11.9 Å². The molecule has 1 aromatic carbocycles. The van der Waals surface area contributed by atoms with Crippen LogP contribution >= 0.6 is 11.8 Å². The minimum atomic E-state index is -0.114. The highest BCUT2D eigenvalue weighted by atomic mass is 32.2. The van der Waals surface area contributed by atoms with E-state index in [1.54, 1.807) is 11.8 Å². The molecule has 0 heterocycles. The predicted molar refractivity (Wildman–Crippen MR) is 67.7 cm³/mol. The van der Waals surface area contributed by atoms with Crippen LogP contribution in [-0.4, -0.2) is 18.8 Å². The number of hydrogen-bond donors (Lipinski definition) is 0. The molecule has 0 aromatic heterocycles. The van der Waals surface area contributed by atoms with Crippen LogP contribution in [0.25, 0.3) is 0 Å². The highest BCUT2D eigenvalue weighted by Gasteiger charge is 2.14. The third-order valence-electron chi connectivity index (χ3n) is 2.37. The van der Waals surface area contributed by atoms with Crippen LogP contribution in [0.4, 0.5) is 0 Å². The summed E-state index contributed by atoms with van der Waals surface area (Å²) in [7, 11) is 0. The van der Waals surface area contributed by atoms with E-state index in [1.165, 1.54) is 10.5 Å². The van der Waals surface area contributed by atoms with Crippen LogP contribution in [0.15, 0.2) is 29.2 Å². The molecule has 1 unspecified atom stereocenters. The van der Waals surface area contributed by atoms with E-state index in [1.807, 2.05) is 26.2 Å². The van der Waals surface area contributed by atoms with Gasteiger partial charge < -0.3 is 4.74 Å². The first-order chi connectivity index (χ1) is 7.67. The number of benzene rings is 1. The van der Waals surface area contributed by atoms with E-state index >= 15 is 0 Å². The molecule has 1 rings (SSSR count). The number of esters is 1. The maximum Gasteiger partial charge on any atom is 0.308 e. The molecule has 0 radical (unpaired) electrons. The van der Waals surface area contributed by atoms with Gasteiger partial charge in [-0.3, -0.25) is 4.79 Å². The molecule has 88 valence electrons. The van der Waals surface area contributed by atoms with Crippen LogP contribution in [0.1, 0.15) is 19.4 Å². The molecule has 1 aromatic rings. The van der Waals surface area contributed by atoms with Crippen molar-refractivity contribution >= 4 is 17.7 Å². The second-order valence-corrected chi connectivity index (χ2v) is 4.59. The van der Waals surface area contributed by atoms with E-state index in [0.717, 1.165) is 6.42 Å². The summed E-state index contributed by atoms with van der Waals surface area (Å²) in [5.41, 5.74) is 1.19. The maximum absolute atomic E-state index is 11.5. The standard InChI is InChI=1S/C13H18O2S/c1-4-15-13(14)10(2)8-11-6-5-7-12(9-11)16-3/h5-7,9-10H,4,8H2,1-3H3. The smallest absolute Gasteiger partial charge is 0.308 e. The van der Waals surface area contributed by atoms with Gasteiger partial charge in [0.25, 0.3) is 0 Å². The Kier molecular flexibility index (Phi) is 5.39. The highest BCUT2D eigenvalue weighted by molar-refractivity contribution is 7.98. The molecule has 3 heteroatoms. The number of ether oxygens (including phenoxy) is 1. The van der Waals surface area contributed by atoms with Gasteiger partial charge in [0, 0.05) is 4.90 Å². The van der Waals surface area contributed by atoms with Gasteiger partial charge in [-0.05, 0) is 37.3 Å². The van der Waals surface area contributed by atoms with Crippen molar-refractivity contribution in [3.05, 3.63) is 29.8 Å². The average Bonchev–Trinajstić information content (AvgIpc) is 2.29.